The first-order chi connectivity index (χ1) is 12.8. The quantitative estimate of drug-likeness (QED) is 0.476. The number of halogens is 1. The molecule has 1 aromatic carbocycles. The van der Waals surface area contributed by atoms with Crippen molar-refractivity contribution in [1.29, 1.82) is 0 Å². The molecule has 1 aromatic rings. The summed E-state index contributed by atoms with van der Waals surface area (Å²) in [5.74, 6) is 0.951. The van der Waals surface area contributed by atoms with Crippen molar-refractivity contribution in [1.82, 2.24) is 4.90 Å². The maximum atomic E-state index is 8.74. The number of hydrogen-bond donors (Lipinski definition) is 4. The Morgan fingerprint density at radius 3 is 1.89 bits per heavy atom. The average molecular weight is 463 g/mol. The number of nitrogens with zero attached hydrogens (tertiary/aromatic N) is 2. The molecule has 0 amide bonds. The van der Waals surface area contributed by atoms with Crippen LogP contribution in [0.15, 0.2) is 35.9 Å². The first kappa shape index (κ1) is 26.6. The highest BCUT2D eigenvalue weighted by Crippen LogP contribution is 2.28. The fourth-order valence-electron chi connectivity index (χ4n) is 2.25. The summed E-state index contributed by atoms with van der Waals surface area (Å²) in [5.41, 5.74) is 2.78. The molecule has 0 unspecified atom stereocenters. The molecule has 4 N–H and O–H groups in total. The predicted molar refractivity (Wildman–Crippen MR) is 105 cm³/mol. The van der Waals surface area contributed by atoms with Crippen LogP contribution in [0.2, 0.25) is 0 Å². The molecule has 0 spiro atoms. The summed E-state index contributed by atoms with van der Waals surface area (Å²) in [7, 11) is -7.61. The third-order valence-corrected chi connectivity index (χ3v) is 3.43. The second-order valence-electron chi connectivity index (χ2n) is 5.22. The number of methoxy groups -OCH3 is 1. The maximum absolute atomic E-state index is 8.74. The summed E-state index contributed by atoms with van der Waals surface area (Å²) in [5, 5.41) is 0. The lowest BCUT2D eigenvalue weighted by Gasteiger charge is -2.36. The Balaban J connectivity index is 0.000000607. The number of para-hydroxylation sites is 2. The van der Waals surface area contributed by atoms with Gasteiger partial charge in [-0.3, -0.25) is 23.1 Å². The van der Waals surface area contributed by atoms with Crippen molar-refractivity contribution in [3.63, 3.8) is 0 Å². The van der Waals surface area contributed by atoms with Crippen molar-refractivity contribution in [2.24, 2.45) is 0 Å². The minimum atomic E-state index is -4.67. The zero-order valence-electron chi connectivity index (χ0n) is 14.9. The number of hydrogen-bond acceptors (Lipinski definition) is 7. The lowest BCUT2D eigenvalue weighted by atomic mass is 10.2. The molecule has 0 aliphatic carbocycles. The molecule has 0 saturated carbocycles. The summed E-state index contributed by atoms with van der Waals surface area (Å²) < 4.78 is 68.6. The molecule has 0 atom stereocenters. The summed E-state index contributed by atoms with van der Waals surface area (Å²) in [6.45, 7) is 5.09. The zero-order chi connectivity index (χ0) is 21.8. The molecule has 162 valence electrons. The third kappa shape index (κ3) is 15.6. The van der Waals surface area contributed by atoms with Gasteiger partial charge in [0, 0.05) is 38.3 Å². The number of piperazine rings is 1. The predicted octanol–water partition coefficient (Wildman–Crippen LogP) is 1.26. The highest BCUT2D eigenvalue weighted by atomic mass is 35.5. The van der Waals surface area contributed by atoms with Crippen molar-refractivity contribution < 1.29 is 39.8 Å². The van der Waals surface area contributed by atoms with Gasteiger partial charge >= 0.3 is 20.8 Å². The third-order valence-electron chi connectivity index (χ3n) is 3.25. The monoisotopic (exact) mass is 462 g/mol. The fraction of sp³-hybridized carbons (Fsp3) is 0.429. The van der Waals surface area contributed by atoms with Gasteiger partial charge < -0.3 is 9.64 Å². The van der Waals surface area contributed by atoms with Gasteiger partial charge in [-0.2, -0.15) is 16.8 Å². The van der Waals surface area contributed by atoms with E-state index in [1.54, 1.807) is 12.6 Å². The minimum absolute atomic E-state index is 0.934. The lowest BCUT2D eigenvalue weighted by molar-refractivity contribution is 0.283. The molecule has 28 heavy (non-hydrogen) atoms. The SMILES string of the molecule is COc1ccccc1N1CCN(C/C=C/Cl)CC1.O=S(=O)(O)O.O=S(=O)(O)O. The number of anilines is 1. The molecule has 1 saturated heterocycles. The second-order valence-corrected chi connectivity index (χ2v) is 7.26. The van der Waals surface area contributed by atoms with Crippen molar-refractivity contribution in [3.05, 3.63) is 35.9 Å². The van der Waals surface area contributed by atoms with Crippen molar-refractivity contribution in [2.75, 3.05) is 44.7 Å². The molecule has 11 nitrogen and oxygen atoms in total. The first-order valence-electron chi connectivity index (χ1n) is 7.60. The van der Waals surface area contributed by atoms with Crippen LogP contribution in [0.5, 0.6) is 5.75 Å². The van der Waals surface area contributed by atoms with Gasteiger partial charge in [0.2, 0.25) is 0 Å². The van der Waals surface area contributed by atoms with E-state index in [1.165, 1.54) is 5.69 Å². The zero-order valence-corrected chi connectivity index (χ0v) is 17.3. The van der Waals surface area contributed by atoms with Gasteiger partial charge in [-0.25, -0.2) is 0 Å². The van der Waals surface area contributed by atoms with E-state index in [2.05, 4.69) is 21.9 Å². The molecule has 0 aromatic heterocycles. The molecular formula is C14H23ClN2O9S2. The van der Waals surface area contributed by atoms with Crippen LogP contribution < -0.4 is 9.64 Å². The molecular weight excluding hydrogens is 440 g/mol. The fourth-order valence-corrected chi connectivity index (χ4v) is 2.33. The first-order valence-corrected chi connectivity index (χ1v) is 10.8. The summed E-state index contributed by atoms with van der Waals surface area (Å²) in [6, 6.07) is 8.19. The van der Waals surface area contributed by atoms with Crippen LogP contribution in [0.4, 0.5) is 5.69 Å². The van der Waals surface area contributed by atoms with Crippen LogP contribution in [0, 0.1) is 0 Å². The highest BCUT2D eigenvalue weighted by Gasteiger charge is 2.18. The number of ether oxygens (including phenoxy) is 1. The number of benzene rings is 1. The molecule has 1 fully saturated rings. The Hall–Kier alpha value is -1.45. The Labute approximate surface area is 169 Å². The second kappa shape index (κ2) is 12.9. The molecule has 14 heteroatoms. The van der Waals surface area contributed by atoms with E-state index in [4.69, 9.17) is 51.4 Å². The molecule has 0 bridgehead atoms. The summed E-state index contributed by atoms with van der Waals surface area (Å²) in [4.78, 5) is 4.77. The van der Waals surface area contributed by atoms with Crippen molar-refractivity contribution in [2.45, 2.75) is 0 Å². The van der Waals surface area contributed by atoms with Crippen molar-refractivity contribution in [3.8, 4) is 5.75 Å². The van der Waals surface area contributed by atoms with E-state index >= 15 is 0 Å². The van der Waals surface area contributed by atoms with Gasteiger partial charge in [0.1, 0.15) is 5.75 Å². The topological polar surface area (TPSA) is 165 Å². The molecule has 0 radical (unpaired) electrons. The van der Waals surface area contributed by atoms with E-state index in [1.807, 2.05) is 18.2 Å². The van der Waals surface area contributed by atoms with Crippen LogP contribution in [0.3, 0.4) is 0 Å². The average Bonchev–Trinajstić information content (AvgIpc) is 2.57. The van der Waals surface area contributed by atoms with E-state index in [0.29, 0.717) is 0 Å². The van der Waals surface area contributed by atoms with Crippen LogP contribution in [0.1, 0.15) is 0 Å². The Morgan fingerprint density at radius 2 is 1.46 bits per heavy atom. The minimum Gasteiger partial charge on any atom is -0.495 e. The normalized spacial score (nSPS) is 15.3. The molecule has 1 heterocycles. The van der Waals surface area contributed by atoms with Gasteiger partial charge in [-0.05, 0) is 12.1 Å². The molecule has 2 rings (SSSR count). The van der Waals surface area contributed by atoms with Gasteiger partial charge in [-0.1, -0.05) is 29.8 Å². The van der Waals surface area contributed by atoms with Crippen LogP contribution in [-0.4, -0.2) is 79.8 Å². The Kier molecular flexibility index (Phi) is 12.2. The van der Waals surface area contributed by atoms with E-state index in [9.17, 15) is 0 Å². The smallest absolute Gasteiger partial charge is 0.394 e. The van der Waals surface area contributed by atoms with Gasteiger partial charge in [0.25, 0.3) is 0 Å². The standard InChI is InChI=1S/C14H19ClN2O.2H2O4S/c1-18-14-6-3-2-5-13(14)17-11-9-16(10-12-17)8-4-7-15;2*1-5(2,3)4/h2-7H,8-12H2,1H3;2*(H2,1,2,3,4)/b7-4+;;. The van der Waals surface area contributed by atoms with Crippen molar-refractivity contribution >= 4 is 38.1 Å². The summed E-state index contributed by atoms with van der Waals surface area (Å²) >= 11 is 5.55. The highest BCUT2D eigenvalue weighted by molar-refractivity contribution is 7.80. The van der Waals surface area contributed by atoms with E-state index in [0.717, 1.165) is 38.5 Å². The lowest BCUT2D eigenvalue weighted by Crippen LogP contribution is -2.46. The van der Waals surface area contributed by atoms with Crippen LogP contribution in [0.25, 0.3) is 0 Å². The van der Waals surface area contributed by atoms with E-state index < -0.39 is 20.8 Å². The van der Waals surface area contributed by atoms with Gasteiger partial charge in [0.15, 0.2) is 0 Å². The van der Waals surface area contributed by atoms with E-state index in [-0.39, 0.29) is 0 Å². The maximum Gasteiger partial charge on any atom is 0.394 e. The van der Waals surface area contributed by atoms with Gasteiger partial charge in [-0.15, -0.1) is 0 Å². The Morgan fingerprint density at radius 1 is 1.00 bits per heavy atom. The van der Waals surface area contributed by atoms with Crippen LogP contribution in [-0.2, 0) is 20.8 Å². The Bertz CT molecular complexity index is 762. The molecule has 1 aliphatic rings. The number of rotatable bonds is 4. The van der Waals surface area contributed by atoms with Gasteiger partial charge in [0.05, 0.1) is 12.8 Å². The van der Waals surface area contributed by atoms with Crippen LogP contribution >= 0.6 is 11.6 Å². The summed E-state index contributed by atoms with van der Waals surface area (Å²) in [6.07, 6.45) is 1.99. The largest absolute Gasteiger partial charge is 0.495 e. The molecule has 1 aliphatic heterocycles.